The number of amides is 1. The van der Waals surface area contributed by atoms with Gasteiger partial charge in [0.25, 0.3) is 0 Å². The smallest absolute Gasteiger partial charge is 0.323 e. The Morgan fingerprint density at radius 2 is 1.91 bits per heavy atom. The molecular formula is C15H22F3N3O. The summed E-state index contributed by atoms with van der Waals surface area (Å²) in [5.74, 6) is -3.11. The lowest BCUT2D eigenvalue weighted by Crippen LogP contribution is -2.39. The summed E-state index contributed by atoms with van der Waals surface area (Å²) in [6.07, 6.45) is 0.282. The molecule has 2 atom stereocenters. The van der Waals surface area contributed by atoms with Crippen molar-refractivity contribution in [1.82, 2.24) is 9.78 Å². The van der Waals surface area contributed by atoms with Gasteiger partial charge in [0.05, 0.1) is 23.3 Å². The van der Waals surface area contributed by atoms with Crippen molar-refractivity contribution in [2.75, 3.05) is 5.32 Å². The van der Waals surface area contributed by atoms with Crippen molar-refractivity contribution in [2.45, 2.75) is 58.2 Å². The Morgan fingerprint density at radius 3 is 2.45 bits per heavy atom. The van der Waals surface area contributed by atoms with Crippen LogP contribution in [0.4, 0.5) is 18.9 Å². The summed E-state index contributed by atoms with van der Waals surface area (Å²) >= 11 is 0. The molecule has 4 nitrogen and oxygen atoms in total. The molecule has 0 unspecified atom stereocenters. The highest BCUT2D eigenvalue weighted by Crippen LogP contribution is 2.41. The molecule has 0 aromatic carbocycles. The molecule has 0 radical (unpaired) electrons. The lowest BCUT2D eigenvalue weighted by molar-refractivity contribution is -0.197. The fraction of sp³-hybridized carbons (Fsp3) is 0.733. The van der Waals surface area contributed by atoms with E-state index in [9.17, 15) is 18.0 Å². The number of carbonyl (C=O) groups is 1. The SMILES string of the molecule is CC(C)(C)n1cc(NC(=O)[C@H]2CCCC[C@@H]2C(F)(F)F)cn1. The van der Waals surface area contributed by atoms with Gasteiger partial charge in [-0.2, -0.15) is 18.3 Å². The molecule has 0 saturated heterocycles. The zero-order chi connectivity index (χ0) is 16.5. The zero-order valence-electron chi connectivity index (χ0n) is 13.1. The molecule has 1 aliphatic rings. The van der Waals surface area contributed by atoms with Crippen LogP contribution in [0.3, 0.4) is 0 Å². The van der Waals surface area contributed by atoms with Crippen LogP contribution in [0.25, 0.3) is 0 Å². The van der Waals surface area contributed by atoms with Crippen molar-refractivity contribution >= 4 is 11.6 Å². The van der Waals surface area contributed by atoms with Gasteiger partial charge in [0.15, 0.2) is 0 Å². The number of hydrogen-bond acceptors (Lipinski definition) is 2. The van der Waals surface area contributed by atoms with E-state index in [0.717, 1.165) is 0 Å². The van der Waals surface area contributed by atoms with Gasteiger partial charge in [0.1, 0.15) is 0 Å². The normalized spacial score (nSPS) is 23.4. The summed E-state index contributed by atoms with van der Waals surface area (Å²) in [6.45, 7) is 5.85. The summed E-state index contributed by atoms with van der Waals surface area (Å²) in [7, 11) is 0. The Bertz CT molecular complexity index is 531. The standard InChI is InChI=1S/C15H22F3N3O/c1-14(2,3)21-9-10(8-19-21)20-13(22)11-6-4-5-7-12(11)15(16,17)18/h8-9,11-12H,4-7H2,1-3H3,(H,20,22)/t11-,12-/m0/s1. The highest BCUT2D eigenvalue weighted by atomic mass is 19.4. The number of hydrogen-bond donors (Lipinski definition) is 1. The zero-order valence-corrected chi connectivity index (χ0v) is 13.1. The van der Waals surface area contributed by atoms with E-state index in [2.05, 4.69) is 10.4 Å². The molecule has 1 N–H and O–H groups in total. The van der Waals surface area contributed by atoms with Gasteiger partial charge in [0, 0.05) is 12.1 Å². The number of alkyl halides is 3. The van der Waals surface area contributed by atoms with Crippen LogP contribution in [0, 0.1) is 11.8 Å². The third-order valence-electron chi connectivity index (χ3n) is 4.06. The second-order valence-electron chi connectivity index (χ2n) is 6.87. The van der Waals surface area contributed by atoms with E-state index in [1.807, 2.05) is 20.8 Å². The predicted molar refractivity (Wildman–Crippen MR) is 77.4 cm³/mol. The van der Waals surface area contributed by atoms with E-state index < -0.39 is 23.9 Å². The molecule has 22 heavy (non-hydrogen) atoms. The Hall–Kier alpha value is -1.53. The molecule has 1 fully saturated rings. The Morgan fingerprint density at radius 1 is 1.27 bits per heavy atom. The van der Waals surface area contributed by atoms with Gasteiger partial charge >= 0.3 is 6.18 Å². The minimum Gasteiger partial charge on any atom is -0.323 e. The van der Waals surface area contributed by atoms with Crippen LogP contribution in [0.5, 0.6) is 0 Å². The lowest BCUT2D eigenvalue weighted by atomic mass is 9.78. The number of nitrogens with zero attached hydrogens (tertiary/aromatic N) is 2. The molecule has 1 aromatic rings. The Balaban J connectivity index is 2.09. The molecule has 1 aromatic heterocycles. The molecule has 1 saturated carbocycles. The van der Waals surface area contributed by atoms with Gasteiger partial charge < -0.3 is 5.32 Å². The molecule has 7 heteroatoms. The number of anilines is 1. The highest BCUT2D eigenvalue weighted by Gasteiger charge is 2.48. The van der Waals surface area contributed by atoms with E-state index >= 15 is 0 Å². The monoisotopic (exact) mass is 317 g/mol. The summed E-state index contributed by atoms with van der Waals surface area (Å²) in [5.41, 5.74) is 0.189. The quantitative estimate of drug-likeness (QED) is 0.898. The van der Waals surface area contributed by atoms with Crippen molar-refractivity contribution in [3.8, 4) is 0 Å². The molecular weight excluding hydrogens is 295 g/mol. The van der Waals surface area contributed by atoms with Crippen molar-refractivity contribution in [3.05, 3.63) is 12.4 Å². The first-order valence-electron chi connectivity index (χ1n) is 7.52. The van der Waals surface area contributed by atoms with Gasteiger partial charge in [-0.3, -0.25) is 9.48 Å². The van der Waals surface area contributed by atoms with Gasteiger partial charge in [-0.25, -0.2) is 0 Å². The topological polar surface area (TPSA) is 46.9 Å². The fourth-order valence-electron chi connectivity index (χ4n) is 2.83. The van der Waals surface area contributed by atoms with E-state index in [-0.39, 0.29) is 18.4 Å². The summed E-state index contributed by atoms with van der Waals surface area (Å²) in [4.78, 5) is 12.2. The molecule has 0 spiro atoms. The summed E-state index contributed by atoms with van der Waals surface area (Å²) in [5, 5.41) is 6.72. The molecule has 0 aliphatic heterocycles. The van der Waals surface area contributed by atoms with Crippen LogP contribution in [-0.4, -0.2) is 21.9 Å². The minimum atomic E-state index is -4.32. The first-order valence-corrected chi connectivity index (χ1v) is 7.52. The number of rotatable bonds is 2. The van der Waals surface area contributed by atoms with Crippen molar-refractivity contribution in [1.29, 1.82) is 0 Å². The molecule has 2 rings (SSSR count). The average Bonchev–Trinajstić information content (AvgIpc) is 2.86. The molecule has 0 bridgehead atoms. The average molecular weight is 317 g/mol. The van der Waals surface area contributed by atoms with Crippen LogP contribution in [-0.2, 0) is 10.3 Å². The van der Waals surface area contributed by atoms with Crippen LogP contribution in [0.15, 0.2) is 12.4 Å². The van der Waals surface area contributed by atoms with Crippen molar-refractivity contribution in [2.24, 2.45) is 11.8 Å². The van der Waals surface area contributed by atoms with Gasteiger partial charge in [-0.05, 0) is 33.6 Å². The maximum Gasteiger partial charge on any atom is 0.392 e. The summed E-state index contributed by atoms with van der Waals surface area (Å²) < 4.78 is 40.8. The maximum atomic E-state index is 13.1. The first-order chi connectivity index (χ1) is 10.1. The van der Waals surface area contributed by atoms with Crippen LogP contribution >= 0.6 is 0 Å². The number of carbonyl (C=O) groups excluding carboxylic acids is 1. The van der Waals surface area contributed by atoms with E-state index in [4.69, 9.17) is 0 Å². The van der Waals surface area contributed by atoms with Crippen LogP contribution in [0.2, 0.25) is 0 Å². The Kier molecular flexibility index (Phi) is 4.54. The molecule has 1 heterocycles. The van der Waals surface area contributed by atoms with Crippen molar-refractivity contribution < 1.29 is 18.0 Å². The second-order valence-corrected chi connectivity index (χ2v) is 6.87. The van der Waals surface area contributed by atoms with E-state index in [1.165, 1.54) is 6.20 Å². The van der Waals surface area contributed by atoms with Gasteiger partial charge in [0.2, 0.25) is 5.91 Å². The number of nitrogens with one attached hydrogen (secondary N) is 1. The highest BCUT2D eigenvalue weighted by molar-refractivity contribution is 5.92. The third kappa shape index (κ3) is 3.81. The lowest BCUT2D eigenvalue weighted by Gasteiger charge is -2.31. The molecule has 124 valence electrons. The van der Waals surface area contributed by atoms with Crippen molar-refractivity contribution in [3.63, 3.8) is 0 Å². The van der Waals surface area contributed by atoms with Gasteiger partial charge in [-0.1, -0.05) is 12.8 Å². The summed E-state index contributed by atoms with van der Waals surface area (Å²) in [6, 6.07) is 0. The molecule has 1 aliphatic carbocycles. The van der Waals surface area contributed by atoms with Crippen LogP contribution in [0.1, 0.15) is 46.5 Å². The number of halogens is 3. The van der Waals surface area contributed by atoms with E-state index in [1.54, 1.807) is 10.9 Å². The van der Waals surface area contributed by atoms with Crippen LogP contribution < -0.4 is 5.32 Å². The second kappa shape index (κ2) is 5.93. The number of aromatic nitrogens is 2. The van der Waals surface area contributed by atoms with E-state index in [0.29, 0.717) is 18.5 Å². The Labute approximate surface area is 128 Å². The minimum absolute atomic E-state index is 0.0306. The molecule has 1 amide bonds. The van der Waals surface area contributed by atoms with Gasteiger partial charge in [-0.15, -0.1) is 0 Å². The largest absolute Gasteiger partial charge is 0.392 e. The fourth-order valence-corrected chi connectivity index (χ4v) is 2.83. The third-order valence-corrected chi connectivity index (χ3v) is 4.06. The maximum absolute atomic E-state index is 13.1. The predicted octanol–water partition coefficient (Wildman–Crippen LogP) is 3.95. The first kappa shape index (κ1) is 16.8.